The summed E-state index contributed by atoms with van der Waals surface area (Å²) in [7, 11) is -3.16. The fraction of sp³-hybridized carbons (Fsp3) is 0.125. The van der Waals surface area contributed by atoms with Crippen LogP contribution in [0.4, 0.5) is 0 Å². The number of pyridine rings is 1. The van der Waals surface area contributed by atoms with Crippen LogP contribution in [0.25, 0.3) is 5.57 Å². The maximum Gasteiger partial charge on any atom is 0.200 e. The molecule has 0 fully saturated rings. The molecule has 1 aliphatic heterocycles. The monoisotopic (exact) mass is 181 g/mol. The highest BCUT2D eigenvalue weighted by Crippen LogP contribution is 2.31. The summed E-state index contributed by atoms with van der Waals surface area (Å²) in [5.74, 6) is 0. The van der Waals surface area contributed by atoms with E-state index in [9.17, 15) is 8.42 Å². The number of rotatable bonds is 0. The van der Waals surface area contributed by atoms with Gasteiger partial charge in [-0.2, -0.15) is 0 Å². The van der Waals surface area contributed by atoms with Gasteiger partial charge in [0.2, 0.25) is 9.84 Å². The molecule has 0 aliphatic carbocycles. The minimum absolute atomic E-state index is 0.370. The number of hydrogen-bond acceptors (Lipinski definition) is 3. The number of allylic oxidation sites excluding steroid dienone is 1. The number of hydrogen-bond donors (Lipinski definition) is 0. The molecule has 1 aromatic heterocycles. The van der Waals surface area contributed by atoms with Crippen molar-refractivity contribution in [1.82, 2.24) is 4.98 Å². The van der Waals surface area contributed by atoms with E-state index in [1.165, 1.54) is 17.7 Å². The van der Waals surface area contributed by atoms with Gasteiger partial charge in [-0.1, -0.05) is 0 Å². The third kappa shape index (κ3) is 0.881. The first-order valence-electron chi connectivity index (χ1n) is 3.49. The van der Waals surface area contributed by atoms with Crippen LogP contribution in [0.1, 0.15) is 12.5 Å². The molecule has 62 valence electrons. The van der Waals surface area contributed by atoms with Crippen molar-refractivity contribution >= 4 is 15.4 Å². The van der Waals surface area contributed by atoms with Crippen molar-refractivity contribution < 1.29 is 8.42 Å². The van der Waals surface area contributed by atoms with Gasteiger partial charge in [0.1, 0.15) is 0 Å². The molecule has 0 amide bonds. The highest BCUT2D eigenvalue weighted by Gasteiger charge is 2.23. The fourth-order valence-electron chi connectivity index (χ4n) is 1.29. The van der Waals surface area contributed by atoms with Crippen molar-refractivity contribution in [2.75, 3.05) is 0 Å². The minimum atomic E-state index is -3.16. The third-order valence-electron chi connectivity index (χ3n) is 1.84. The number of aromatic nitrogens is 1. The third-order valence-corrected chi connectivity index (χ3v) is 3.48. The van der Waals surface area contributed by atoms with Crippen molar-refractivity contribution in [2.45, 2.75) is 11.8 Å². The Morgan fingerprint density at radius 2 is 2.17 bits per heavy atom. The Morgan fingerprint density at radius 1 is 1.42 bits per heavy atom. The van der Waals surface area contributed by atoms with Crippen LogP contribution in [-0.2, 0) is 9.84 Å². The van der Waals surface area contributed by atoms with E-state index in [0.717, 1.165) is 11.1 Å². The van der Waals surface area contributed by atoms with E-state index in [1.54, 1.807) is 13.1 Å². The number of fused-ring (bicyclic) bond motifs is 1. The van der Waals surface area contributed by atoms with Gasteiger partial charge < -0.3 is 0 Å². The second-order valence-electron chi connectivity index (χ2n) is 2.72. The van der Waals surface area contributed by atoms with Crippen LogP contribution < -0.4 is 0 Å². The Kier molecular flexibility index (Phi) is 1.35. The molecular weight excluding hydrogens is 174 g/mol. The summed E-state index contributed by atoms with van der Waals surface area (Å²) in [5, 5.41) is 1.28. The zero-order valence-electron chi connectivity index (χ0n) is 6.48. The average Bonchev–Trinajstić information content (AvgIpc) is 2.25. The standard InChI is InChI=1S/C8H7NO2S/c1-6-5-12(10,11)8-2-3-9-4-7(6)8/h2-5H,1H3. The van der Waals surface area contributed by atoms with E-state index < -0.39 is 9.84 Å². The summed E-state index contributed by atoms with van der Waals surface area (Å²) < 4.78 is 22.7. The van der Waals surface area contributed by atoms with E-state index in [4.69, 9.17) is 0 Å². The van der Waals surface area contributed by atoms with Crippen molar-refractivity contribution in [3.63, 3.8) is 0 Å². The molecule has 0 aromatic carbocycles. The highest BCUT2D eigenvalue weighted by atomic mass is 32.2. The Balaban J connectivity index is 2.86. The molecule has 1 aromatic rings. The first-order chi connectivity index (χ1) is 5.61. The molecule has 0 bridgehead atoms. The van der Waals surface area contributed by atoms with Crippen molar-refractivity contribution in [3.8, 4) is 0 Å². The molecule has 3 nitrogen and oxygen atoms in total. The van der Waals surface area contributed by atoms with Crippen molar-refractivity contribution in [3.05, 3.63) is 29.4 Å². The Bertz CT molecular complexity index is 460. The van der Waals surface area contributed by atoms with Crippen LogP contribution in [0.5, 0.6) is 0 Å². The van der Waals surface area contributed by atoms with Crippen molar-refractivity contribution in [1.29, 1.82) is 0 Å². The summed E-state index contributed by atoms with van der Waals surface area (Å²) in [6.45, 7) is 1.77. The molecule has 0 unspecified atom stereocenters. The molecule has 12 heavy (non-hydrogen) atoms. The fourth-order valence-corrected chi connectivity index (χ4v) is 2.78. The summed E-state index contributed by atoms with van der Waals surface area (Å²) >= 11 is 0. The van der Waals surface area contributed by atoms with Crippen LogP contribution >= 0.6 is 0 Å². The molecule has 0 saturated heterocycles. The smallest absolute Gasteiger partial charge is 0.200 e. The highest BCUT2D eigenvalue weighted by molar-refractivity contribution is 7.94. The molecule has 0 atom stereocenters. The predicted molar refractivity (Wildman–Crippen MR) is 45.1 cm³/mol. The quantitative estimate of drug-likeness (QED) is 0.604. The van der Waals surface area contributed by atoms with E-state index in [1.807, 2.05) is 0 Å². The zero-order chi connectivity index (χ0) is 8.77. The molecule has 0 spiro atoms. The van der Waals surface area contributed by atoms with E-state index in [0.29, 0.717) is 4.90 Å². The summed E-state index contributed by atoms with van der Waals surface area (Å²) in [6.07, 6.45) is 3.06. The molecule has 2 heterocycles. The second-order valence-corrected chi connectivity index (χ2v) is 4.48. The van der Waals surface area contributed by atoms with Crippen LogP contribution in [0, 0.1) is 0 Å². The average molecular weight is 181 g/mol. The maximum absolute atomic E-state index is 11.4. The van der Waals surface area contributed by atoms with E-state index >= 15 is 0 Å². The predicted octanol–water partition coefficient (Wildman–Crippen LogP) is 1.23. The molecule has 0 N–H and O–H groups in total. The van der Waals surface area contributed by atoms with Gasteiger partial charge in [-0.3, -0.25) is 4.98 Å². The second kappa shape index (κ2) is 2.17. The lowest BCUT2D eigenvalue weighted by molar-refractivity contribution is 0.605. The molecule has 2 rings (SSSR count). The first-order valence-corrected chi connectivity index (χ1v) is 5.04. The van der Waals surface area contributed by atoms with Gasteiger partial charge in [-0.05, 0) is 18.6 Å². The van der Waals surface area contributed by atoms with Crippen LogP contribution in [0.2, 0.25) is 0 Å². The molecule has 0 saturated carbocycles. The van der Waals surface area contributed by atoms with Gasteiger partial charge >= 0.3 is 0 Å². The lowest BCUT2D eigenvalue weighted by Gasteiger charge is -1.96. The SMILES string of the molecule is CC1=CS(=O)(=O)c2ccncc21. The largest absolute Gasteiger partial charge is 0.264 e. The van der Waals surface area contributed by atoms with Crippen LogP contribution in [0.15, 0.2) is 28.8 Å². The van der Waals surface area contributed by atoms with E-state index in [-0.39, 0.29) is 0 Å². The van der Waals surface area contributed by atoms with Gasteiger partial charge in [0.05, 0.1) is 4.90 Å². The van der Waals surface area contributed by atoms with Gasteiger partial charge in [0.15, 0.2) is 0 Å². The molecule has 4 heteroatoms. The zero-order valence-corrected chi connectivity index (χ0v) is 7.30. The minimum Gasteiger partial charge on any atom is -0.264 e. The maximum atomic E-state index is 11.4. The van der Waals surface area contributed by atoms with Crippen molar-refractivity contribution in [2.24, 2.45) is 0 Å². The summed E-state index contributed by atoms with van der Waals surface area (Å²) in [5.41, 5.74) is 1.48. The van der Waals surface area contributed by atoms with Gasteiger partial charge in [-0.25, -0.2) is 8.42 Å². The Morgan fingerprint density at radius 3 is 2.83 bits per heavy atom. The van der Waals surface area contributed by atoms with Gasteiger partial charge in [0, 0.05) is 23.4 Å². The summed E-state index contributed by atoms with van der Waals surface area (Å²) in [4.78, 5) is 4.24. The normalized spacial score (nSPS) is 18.6. The topological polar surface area (TPSA) is 47.0 Å². The Labute approximate surface area is 70.7 Å². The molecular formula is C8H7NO2S. The molecule has 0 radical (unpaired) electrons. The lowest BCUT2D eigenvalue weighted by atomic mass is 10.2. The number of sulfone groups is 1. The Hall–Kier alpha value is -1.16. The first kappa shape index (κ1) is 7.49. The number of nitrogens with zero attached hydrogens (tertiary/aromatic N) is 1. The van der Waals surface area contributed by atoms with E-state index in [2.05, 4.69) is 4.98 Å². The van der Waals surface area contributed by atoms with Gasteiger partial charge in [-0.15, -0.1) is 0 Å². The summed E-state index contributed by atoms with van der Waals surface area (Å²) in [6, 6.07) is 1.53. The molecule has 1 aliphatic rings. The lowest BCUT2D eigenvalue weighted by Crippen LogP contribution is -1.92. The van der Waals surface area contributed by atoms with Crippen LogP contribution in [-0.4, -0.2) is 13.4 Å². The van der Waals surface area contributed by atoms with Crippen LogP contribution in [0.3, 0.4) is 0 Å². The van der Waals surface area contributed by atoms with Gasteiger partial charge in [0.25, 0.3) is 0 Å².